The normalized spacial score (nSPS) is 8.36. The van der Waals surface area contributed by atoms with E-state index in [1.165, 1.54) is 12.4 Å². The van der Waals surface area contributed by atoms with Gasteiger partial charge in [0.1, 0.15) is 0 Å². The Morgan fingerprint density at radius 1 is 1.00 bits per heavy atom. The number of rotatable bonds is 2. The molecular weight excluding hydrogens is 259 g/mol. The van der Waals surface area contributed by atoms with Crippen LogP contribution in [0.5, 0.6) is 0 Å². The van der Waals surface area contributed by atoms with Gasteiger partial charge in [0.25, 0.3) is 0 Å². The zero-order valence-electron chi connectivity index (χ0n) is 5.17. The number of thiocarbonyl (C=S) groups is 2. The van der Waals surface area contributed by atoms with Crippen molar-refractivity contribution in [3.8, 4) is 0 Å². The van der Waals surface area contributed by atoms with E-state index in [2.05, 4.69) is 60.3 Å². The van der Waals surface area contributed by atoms with Gasteiger partial charge in [0.15, 0.2) is 0 Å². The minimum Gasteiger partial charge on any atom is -0.411 e. The Bertz CT molecular complexity index is 151. The predicted molar refractivity (Wildman–Crippen MR) is 55.3 cm³/mol. The van der Waals surface area contributed by atoms with Crippen LogP contribution < -0.4 is 10.6 Å². The molecule has 0 atom stereocenters. The number of hydrogen-bond donors (Lipinski definition) is 2. The van der Waals surface area contributed by atoms with Gasteiger partial charge in [-0.05, 0) is 0 Å². The molecule has 0 fully saturated rings. The van der Waals surface area contributed by atoms with Gasteiger partial charge < -0.3 is 60.3 Å². The Hall–Kier alpha value is 0.479. The van der Waals surface area contributed by atoms with Crippen molar-refractivity contribution in [2.24, 2.45) is 0 Å². The van der Waals surface area contributed by atoms with Crippen molar-refractivity contribution >= 4 is 58.3 Å². The van der Waals surface area contributed by atoms with Gasteiger partial charge in [-0.1, -0.05) is 8.64 Å². The second kappa shape index (κ2) is 8.57. The van der Waals surface area contributed by atoms with Gasteiger partial charge in [-0.15, -0.1) is 0 Å². The van der Waals surface area contributed by atoms with E-state index in [-0.39, 0.29) is 25.7 Å². The fraction of sp³-hybridized carbons (Fsp3) is 0. The molecule has 0 aliphatic carbocycles. The Morgan fingerprint density at radius 3 is 1.45 bits per heavy atom. The quantitative estimate of drug-likeness (QED) is 0.422. The molecule has 0 aliphatic heterocycles. The van der Waals surface area contributed by atoms with Gasteiger partial charge in [0, 0.05) is 12.4 Å². The van der Waals surface area contributed by atoms with E-state index in [1.807, 2.05) is 0 Å². The van der Waals surface area contributed by atoms with E-state index in [0.29, 0.717) is 0 Å². The monoisotopic (exact) mass is 263 g/mol. The molecule has 0 unspecified atom stereocenters. The third-order valence-electron chi connectivity index (χ3n) is 0.486. The van der Waals surface area contributed by atoms with Gasteiger partial charge in [-0.2, -0.15) is 0 Å². The van der Waals surface area contributed by atoms with E-state index in [9.17, 15) is 0 Å². The minimum atomic E-state index is 0. The van der Waals surface area contributed by atoms with E-state index < -0.39 is 0 Å². The van der Waals surface area contributed by atoms with Gasteiger partial charge in [-0.3, -0.25) is 0 Å². The van der Waals surface area contributed by atoms with Crippen LogP contribution in [0.2, 0.25) is 0 Å². The molecule has 11 heavy (non-hydrogen) atoms. The molecule has 61 valence electrons. The van der Waals surface area contributed by atoms with Gasteiger partial charge in [0.2, 0.25) is 0 Å². The Labute approximate surface area is 97.9 Å². The van der Waals surface area contributed by atoms with Gasteiger partial charge >= 0.3 is 17.1 Å². The second-order valence-electron chi connectivity index (χ2n) is 1.20. The Balaban J connectivity index is 0. The van der Waals surface area contributed by atoms with Crippen LogP contribution in [0.25, 0.3) is 0 Å². The molecule has 0 saturated carbocycles. The van der Waals surface area contributed by atoms with Crippen LogP contribution >= 0.6 is 24.4 Å². The van der Waals surface area contributed by atoms with Crippen LogP contribution in [-0.4, -0.2) is 8.64 Å². The zero-order valence-corrected chi connectivity index (χ0v) is 9.61. The molecule has 0 heterocycles. The summed E-state index contributed by atoms with van der Waals surface area (Å²) in [5, 5.41) is 5.20. The fourth-order valence-corrected chi connectivity index (χ4v) is 0.492. The van der Waals surface area contributed by atoms with E-state index in [4.69, 9.17) is 0 Å². The minimum absolute atomic E-state index is 0. The smallest absolute Gasteiger partial charge is 0.411 e. The molecule has 0 aromatic heterocycles. The topological polar surface area (TPSA) is 24.1 Å². The first-order chi connectivity index (χ1) is 4.63. The predicted octanol–water partition coefficient (Wildman–Crippen LogP) is 0.298. The van der Waals surface area contributed by atoms with Crippen LogP contribution in [0.4, 0.5) is 0 Å². The van der Waals surface area contributed by atoms with Crippen LogP contribution in [0.3, 0.4) is 0 Å². The zero-order chi connectivity index (χ0) is 7.98. The maximum Gasteiger partial charge on any atom is 2.00 e. The van der Waals surface area contributed by atoms with Gasteiger partial charge in [0.05, 0.1) is 0 Å². The molecule has 1 radical (unpaired) electrons. The van der Waals surface area contributed by atoms with Crippen molar-refractivity contribution < 1.29 is 17.1 Å². The van der Waals surface area contributed by atoms with Crippen LogP contribution in [0.15, 0.2) is 12.4 Å². The fourth-order valence-electron chi connectivity index (χ4n) is 0.219. The van der Waals surface area contributed by atoms with Gasteiger partial charge in [-0.25, -0.2) is 0 Å². The summed E-state index contributed by atoms with van der Waals surface area (Å²) in [5.74, 6) is 0. The van der Waals surface area contributed by atoms with Crippen molar-refractivity contribution in [3.63, 3.8) is 0 Å². The average Bonchev–Trinajstić information content (AvgIpc) is 1.79. The first-order valence-corrected chi connectivity index (χ1v) is 3.86. The molecule has 0 spiro atoms. The summed E-state index contributed by atoms with van der Waals surface area (Å²) in [6, 6.07) is 0. The Morgan fingerprint density at radius 2 is 1.27 bits per heavy atom. The largest absolute Gasteiger partial charge is 2.00 e. The number of nitrogens with one attached hydrogen (secondary N) is 2. The summed E-state index contributed by atoms with van der Waals surface area (Å²) < 4.78 is 0.571. The maximum atomic E-state index is 4.54. The summed E-state index contributed by atoms with van der Waals surface area (Å²) >= 11 is 18.2. The van der Waals surface area contributed by atoms with E-state index in [1.54, 1.807) is 0 Å². The summed E-state index contributed by atoms with van der Waals surface area (Å²) in [4.78, 5) is 0. The Kier molecular flexibility index (Phi) is 10.9. The number of hydrogen-bond acceptors (Lipinski definition) is 4. The van der Waals surface area contributed by atoms with Crippen molar-refractivity contribution in [2.75, 3.05) is 0 Å². The summed E-state index contributed by atoms with van der Waals surface area (Å²) in [5.41, 5.74) is 0. The van der Waals surface area contributed by atoms with E-state index in [0.717, 1.165) is 0 Å². The molecule has 0 aliphatic rings. The van der Waals surface area contributed by atoms with Crippen molar-refractivity contribution in [1.29, 1.82) is 0 Å². The second-order valence-corrected chi connectivity index (χ2v) is 3.35. The van der Waals surface area contributed by atoms with Crippen LogP contribution in [0, 0.1) is 0 Å². The van der Waals surface area contributed by atoms with Crippen molar-refractivity contribution in [1.82, 2.24) is 10.6 Å². The summed E-state index contributed by atoms with van der Waals surface area (Å²) in [7, 11) is 0. The summed E-state index contributed by atoms with van der Waals surface area (Å²) in [6.07, 6.45) is 3.07. The van der Waals surface area contributed by atoms with Crippen LogP contribution in [-0.2, 0) is 42.3 Å². The molecule has 0 aromatic carbocycles. The molecule has 7 heteroatoms. The molecule has 2 nitrogen and oxygen atoms in total. The molecule has 2 N–H and O–H groups in total. The molecule has 0 rings (SSSR count). The molecule has 0 bridgehead atoms. The van der Waals surface area contributed by atoms with Crippen LogP contribution in [0.1, 0.15) is 0 Å². The third kappa shape index (κ3) is 13.5. The SMILES string of the molecule is S=C([S-])NC=CNC(=S)[S-].[Mn+2]. The molecule has 0 aromatic rings. The molecular formula is C4H4MnN2S4. The molecule has 0 amide bonds. The molecule has 0 saturated heterocycles. The first kappa shape index (κ1) is 14.0. The van der Waals surface area contributed by atoms with E-state index >= 15 is 0 Å². The maximum absolute atomic E-state index is 4.54. The van der Waals surface area contributed by atoms with Crippen molar-refractivity contribution in [3.05, 3.63) is 12.4 Å². The third-order valence-corrected chi connectivity index (χ3v) is 0.957. The standard InChI is InChI=1S/C4H6N2S4.Mn/c7-3(8)5-1-2-6-4(9)10;/h1-2H,(H2,5,7,8)(H2,6,9,10);/q;+2/p-2. The average molecular weight is 263 g/mol. The first-order valence-electron chi connectivity index (χ1n) is 2.23. The van der Waals surface area contributed by atoms with Crippen molar-refractivity contribution in [2.45, 2.75) is 0 Å². The summed E-state index contributed by atoms with van der Waals surface area (Å²) in [6.45, 7) is 0.